The number of allylic oxidation sites excluding steroid dienone is 1. The maximum atomic E-state index is 9.60. The molecule has 154 valence electrons. The van der Waals surface area contributed by atoms with Gasteiger partial charge in [0.05, 0.1) is 18.9 Å². The molecule has 1 heterocycles. The van der Waals surface area contributed by atoms with Crippen molar-refractivity contribution in [1.29, 1.82) is 5.26 Å². The van der Waals surface area contributed by atoms with E-state index >= 15 is 0 Å². The van der Waals surface area contributed by atoms with Crippen LogP contribution in [0.4, 0.5) is 5.69 Å². The highest BCUT2D eigenvalue weighted by molar-refractivity contribution is 7.11. The molecule has 6 heteroatoms. The number of nitriles is 1. The van der Waals surface area contributed by atoms with Crippen molar-refractivity contribution in [2.24, 2.45) is 0 Å². The van der Waals surface area contributed by atoms with Gasteiger partial charge in [0.15, 0.2) is 0 Å². The van der Waals surface area contributed by atoms with Crippen molar-refractivity contribution >= 4 is 22.6 Å². The Hall–Kier alpha value is -3.30. The van der Waals surface area contributed by atoms with E-state index in [4.69, 9.17) is 9.47 Å². The van der Waals surface area contributed by atoms with Crippen LogP contribution in [0.2, 0.25) is 0 Å². The number of anilines is 1. The zero-order valence-electron chi connectivity index (χ0n) is 17.2. The second-order valence-corrected chi connectivity index (χ2v) is 7.40. The van der Waals surface area contributed by atoms with Crippen LogP contribution in [0.25, 0.3) is 16.8 Å². The van der Waals surface area contributed by atoms with Gasteiger partial charge in [0.1, 0.15) is 28.1 Å². The first kappa shape index (κ1) is 21.4. The van der Waals surface area contributed by atoms with Crippen LogP contribution in [0.3, 0.4) is 0 Å². The largest absolute Gasteiger partial charge is 0.494 e. The monoisotopic (exact) mass is 419 g/mol. The van der Waals surface area contributed by atoms with Gasteiger partial charge in [-0.3, -0.25) is 0 Å². The van der Waals surface area contributed by atoms with Crippen LogP contribution in [0.5, 0.6) is 11.5 Å². The molecule has 0 aliphatic heterocycles. The second-order valence-electron chi connectivity index (χ2n) is 6.54. The molecule has 0 bridgehead atoms. The van der Waals surface area contributed by atoms with Crippen LogP contribution in [-0.2, 0) is 0 Å². The summed E-state index contributed by atoms with van der Waals surface area (Å²) < 4.78 is 11.2. The van der Waals surface area contributed by atoms with E-state index in [0.717, 1.165) is 41.3 Å². The van der Waals surface area contributed by atoms with Gasteiger partial charge in [0.2, 0.25) is 0 Å². The SMILES string of the molecule is CCCCOc1cccc(NC=C(C#N)c2nc(-c3ccc(OCC)cc3)cs2)c1. The number of thiazole rings is 1. The summed E-state index contributed by atoms with van der Waals surface area (Å²) in [5.74, 6) is 1.65. The van der Waals surface area contributed by atoms with E-state index in [1.807, 2.05) is 60.8 Å². The Morgan fingerprint density at radius 2 is 1.97 bits per heavy atom. The zero-order valence-corrected chi connectivity index (χ0v) is 18.0. The minimum Gasteiger partial charge on any atom is -0.494 e. The third-order valence-electron chi connectivity index (χ3n) is 4.30. The van der Waals surface area contributed by atoms with E-state index in [1.54, 1.807) is 6.20 Å². The highest BCUT2D eigenvalue weighted by Crippen LogP contribution is 2.27. The molecule has 0 aliphatic rings. The molecule has 1 aromatic heterocycles. The molecule has 3 rings (SSSR count). The number of hydrogen-bond acceptors (Lipinski definition) is 6. The Kier molecular flexibility index (Phi) is 7.87. The maximum Gasteiger partial charge on any atom is 0.136 e. The van der Waals surface area contributed by atoms with Crippen LogP contribution in [0.1, 0.15) is 31.7 Å². The molecule has 0 aliphatic carbocycles. The van der Waals surface area contributed by atoms with Crippen LogP contribution in [0, 0.1) is 11.3 Å². The fourth-order valence-corrected chi connectivity index (χ4v) is 3.52. The van der Waals surface area contributed by atoms with Gasteiger partial charge in [-0.1, -0.05) is 19.4 Å². The normalized spacial score (nSPS) is 11.0. The smallest absolute Gasteiger partial charge is 0.136 e. The highest BCUT2D eigenvalue weighted by atomic mass is 32.1. The van der Waals surface area contributed by atoms with Gasteiger partial charge in [0, 0.05) is 28.9 Å². The fraction of sp³-hybridized carbons (Fsp3) is 0.250. The van der Waals surface area contributed by atoms with E-state index in [2.05, 4.69) is 23.3 Å². The quantitative estimate of drug-likeness (QED) is 0.306. The molecule has 0 fully saturated rings. The number of aromatic nitrogens is 1. The summed E-state index contributed by atoms with van der Waals surface area (Å²) in [5.41, 5.74) is 3.17. The summed E-state index contributed by atoms with van der Waals surface area (Å²) in [4.78, 5) is 4.63. The van der Waals surface area contributed by atoms with E-state index in [1.165, 1.54) is 11.3 Å². The lowest BCUT2D eigenvalue weighted by molar-refractivity contribution is 0.309. The first-order valence-electron chi connectivity index (χ1n) is 10.0. The zero-order chi connectivity index (χ0) is 21.2. The lowest BCUT2D eigenvalue weighted by atomic mass is 10.2. The molecule has 5 nitrogen and oxygen atoms in total. The molecule has 2 aromatic carbocycles. The Labute approximate surface area is 181 Å². The van der Waals surface area contributed by atoms with Crippen molar-refractivity contribution in [3.63, 3.8) is 0 Å². The van der Waals surface area contributed by atoms with Gasteiger partial charge in [-0.2, -0.15) is 5.26 Å². The van der Waals surface area contributed by atoms with Gasteiger partial charge < -0.3 is 14.8 Å². The number of ether oxygens (including phenoxy) is 2. The van der Waals surface area contributed by atoms with E-state index < -0.39 is 0 Å². The first-order chi connectivity index (χ1) is 14.7. The molecule has 0 saturated heterocycles. The molecule has 0 atom stereocenters. The molecule has 30 heavy (non-hydrogen) atoms. The number of unbranched alkanes of at least 4 members (excludes halogenated alkanes) is 1. The van der Waals surface area contributed by atoms with Crippen molar-refractivity contribution in [1.82, 2.24) is 4.98 Å². The molecule has 1 N–H and O–H groups in total. The van der Waals surface area contributed by atoms with Gasteiger partial charge in [0.25, 0.3) is 0 Å². The average Bonchev–Trinajstić information content (AvgIpc) is 3.26. The topological polar surface area (TPSA) is 67.2 Å². The number of nitrogens with zero attached hydrogens (tertiary/aromatic N) is 2. The molecular formula is C24H25N3O2S. The minimum absolute atomic E-state index is 0.481. The Bertz CT molecular complexity index is 1020. The maximum absolute atomic E-state index is 9.60. The number of rotatable bonds is 10. The van der Waals surface area contributed by atoms with E-state index in [-0.39, 0.29) is 0 Å². The van der Waals surface area contributed by atoms with Crippen molar-refractivity contribution in [2.45, 2.75) is 26.7 Å². The molecular weight excluding hydrogens is 394 g/mol. The number of benzene rings is 2. The Morgan fingerprint density at radius 1 is 1.13 bits per heavy atom. The van der Waals surface area contributed by atoms with Crippen molar-refractivity contribution in [2.75, 3.05) is 18.5 Å². The van der Waals surface area contributed by atoms with Gasteiger partial charge in [-0.05, 0) is 49.7 Å². The Balaban J connectivity index is 1.70. The molecule has 0 radical (unpaired) electrons. The molecule has 0 amide bonds. The van der Waals surface area contributed by atoms with E-state index in [9.17, 15) is 5.26 Å². The summed E-state index contributed by atoms with van der Waals surface area (Å²) >= 11 is 1.45. The summed E-state index contributed by atoms with van der Waals surface area (Å²) in [6.45, 7) is 5.43. The predicted molar refractivity (Wildman–Crippen MR) is 123 cm³/mol. The highest BCUT2D eigenvalue weighted by Gasteiger charge is 2.09. The standard InChI is InChI=1S/C24H25N3O2S/c1-3-5-13-29-22-8-6-7-20(14-22)26-16-19(15-25)24-27-23(17-30-24)18-9-11-21(12-10-18)28-4-2/h6-12,14,16-17,26H,3-5,13H2,1-2H3. The van der Waals surface area contributed by atoms with E-state index in [0.29, 0.717) is 23.8 Å². The second kappa shape index (κ2) is 11.0. The lowest BCUT2D eigenvalue weighted by Gasteiger charge is -2.07. The minimum atomic E-state index is 0.481. The fourth-order valence-electron chi connectivity index (χ4n) is 2.73. The molecule has 0 saturated carbocycles. The lowest BCUT2D eigenvalue weighted by Crippen LogP contribution is -1.97. The van der Waals surface area contributed by atoms with Crippen molar-refractivity contribution in [3.8, 4) is 28.8 Å². The Morgan fingerprint density at radius 3 is 2.70 bits per heavy atom. The third-order valence-corrected chi connectivity index (χ3v) is 5.18. The summed E-state index contributed by atoms with van der Waals surface area (Å²) in [7, 11) is 0. The summed E-state index contributed by atoms with van der Waals surface area (Å²) in [6, 6.07) is 17.8. The van der Waals surface area contributed by atoms with Crippen molar-refractivity contribution in [3.05, 3.63) is 65.1 Å². The van der Waals surface area contributed by atoms with Gasteiger partial charge in [-0.15, -0.1) is 11.3 Å². The number of nitrogens with one attached hydrogen (secondary N) is 1. The van der Waals surface area contributed by atoms with Gasteiger partial charge in [-0.25, -0.2) is 4.98 Å². The predicted octanol–water partition coefficient (Wildman–Crippen LogP) is 6.36. The first-order valence-corrected chi connectivity index (χ1v) is 10.9. The van der Waals surface area contributed by atoms with Crippen LogP contribution in [0.15, 0.2) is 60.1 Å². The molecule has 0 spiro atoms. The summed E-state index contributed by atoms with van der Waals surface area (Å²) in [6.07, 6.45) is 3.81. The average molecular weight is 420 g/mol. The molecule has 3 aromatic rings. The third kappa shape index (κ3) is 5.85. The van der Waals surface area contributed by atoms with Crippen LogP contribution >= 0.6 is 11.3 Å². The summed E-state index contributed by atoms with van der Waals surface area (Å²) in [5, 5.41) is 15.4. The number of hydrogen-bond donors (Lipinski definition) is 1. The molecule has 0 unspecified atom stereocenters. The van der Waals surface area contributed by atoms with Crippen LogP contribution in [-0.4, -0.2) is 18.2 Å². The van der Waals surface area contributed by atoms with Gasteiger partial charge >= 0.3 is 0 Å². The van der Waals surface area contributed by atoms with Crippen molar-refractivity contribution < 1.29 is 9.47 Å². The van der Waals surface area contributed by atoms with Crippen LogP contribution < -0.4 is 14.8 Å².